The van der Waals surface area contributed by atoms with E-state index in [0.717, 1.165) is 24.0 Å². The molecule has 0 radical (unpaired) electrons. The molecule has 1 aliphatic carbocycles. The third-order valence-corrected chi connectivity index (χ3v) is 4.46. The van der Waals surface area contributed by atoms with E-state index in [4.69, 9.17) is 0 Å². The van der Waals surface area contributed by atoms with Gasteiger partial charge in [-0.15, -0.1) is 0 Å². The first kappa shape index (κ1) is 15.5. The van der Waals surface area contributed by atoms with Gasteiger partial charge in [0.1, 0.15) is 17.7 Å². The summed E-state index contributed by atoms with van der Waals surface area (Å²) in [5, 5.41) is 3.02. The lowest BCUT2D eigenvalue weighted by Crippen LogP contribution is -2.37. The Morgan fingerprint density at radius 3 is 3.16 bits per heavy atom. The lowest BCUT2D eigenvalue weighted by atomic mass is 10.1. The topological polar surface area (TPSA) is 86.8 Å². The number of carbonyl (C=O) groups is 1. The number of H-pyrrole nitrogens is 1. The molecule has 1 aliphatic rings. The molecule has 2 aromatic heterocycles. The minimum Gasteiger partial charge on any atom is -0.348 e. The number of anilines is 1. The van der Waals surface area contributed by atoms with Crippen molar-refractivity contribution in [2.45, 2.75) is 18.9 Å². The molecule has 128 valence electrons. The Hall–Kier alpha value is -3.03. The quantitative estimate of drug-likeness (QED) is 0.755. The van der Waals surface area contributed by atoms with Crippen molar-refractivity contribution in [3.8, 4) is 0 Å². The lowest BCUT2D eigenvalue weighted by molar-refractivity contribution is -0.120. The van der Waals surface area contributed by atoms with Crippen LogP contribution in [0.4, 0.5) is 10.2 Å². The van der Waals surface area contributed by atoms with Crippen molar-refractivity contribution >= 4 is 22.9 Å². The van der Waals surface area contributed by atoms with E-state index in [2.05, 4.69) is 25.3 Å². The molecule has 0 saturated heterocycles. The molecular formula is C17H17FN6O. The molecule has 1 aromatic carbocycles. The Bertz CT molecular complexity index is 940. The maximum atomic E-state index is 13.3. The number of fused-ring (bicyclic) bond motifs is 2. The van der Waals surface area contributed by atoms with Gasteiger partial charge in [-0.1, -0.05) is 6.07 Å². The number of likely N-dealkylation sites (N-methyl/N-ethyl adjacent to an activating group) is 1. The number of rotatable bonds is 4. The third kappa shape index (κ3) is 2.90. The van der Waals surface area contributed by atoms with Crippen LogP contribution in [0.3, 0.4) is 0 Å². The van der Waals surface area contributed by atoms with E-state index in [1.165, 1.54) is 12.4 Å². The summed E-state index contributed by atoms with van der Waals surface area (Å²) in [7, 11) is 1.79. The fourth-order valence-electron chi connectivity index (χ4n) is 3.31. The summed E-state index contributed by atoms with van der Waals surface area (Å²) in [5.41, 5.74) is 3.22. The predicted octanol–water partition coefficient (Wildman–Crippen LogP) is 1.73. The van der Waals surface area contributed by atoms with Crippen LogP contribution in [0.15, 0.2) is 30.9 Å². The summed E-state index contributed by atoms with van der Waals surface area (Å²) in [6, 6.07) is 4.66. The highest BCUT2D eigenvalue weighted by Crippen LogP contribution is 2.31. The van der Waals surface area contributed by atoms with Crippen LogP contribution >= 0.6 is 0 Å². The molecule has 2 heterocycles. The Labute approximate surface area is 143 Å². The van der Waals surface area contributed by atoms with Crippen molar-refractivity contribution in [3.63, 3.8) is 0 Å². The lowest BCUT2D eigenvalue weighted by Gasteiger charge is -2.20. The second-order valence-electron chi connectivity index (χ2n) is 6.16. The van der Waals surface area contributed by atoms with E-state index >= 15 is 0 Å². The highest BCUT2D eigenvalue weighted by molar-refractivity contribution is 5.87. The summed E-state index contributed by atoms with van der Waals surface area (Å²) in [5.74, 6) is 0.264. The standard InChI is InChI=1S/C17H17FN6O/c1-24(17-15-16(20-8-19-15)21-9-22-17)7-14(25)23-13-5-2-10-6-11(18)3-4-12(10)13/h3-4,6,8-9,13H,2,5,7H2,1H3,(H,23,25)(H,19,20,21,22)/t13-/m1/s1. The molecule has 2 N–H and O–H groups in total. The maximum absolute atomic E-state index is 13.3. The Morgan fingerprint density at radius 2 is 2.28 bits per heavy atom. The molecular weight excluding hydrogens is 323 g/mol. The van der Waals surface area contributed by atoms with Crippen LogP contribution in [0.1, 0.15) is 23.6 Å². The molecule has 1 amide bonds. The maximum Gasteiger partial charge on any atom is 0.240 e. The minimum atomic E-state index is -0.238. The van der Waals surface area contributed by atoms with Crippen molar-refractivity contribution in [1.82, 2.24) is 25.3 Å². The van der Waals surface area contributed by atoms with Crippen LogP contribution in [0.2, 0.25) is 0 Å². The van der Waals surface area contributed by atoms with E-state index in [0.29, 0.717) is 17.0 Å². The van der Waals surface area contributed by atoms with Gasteiger partial charge in [0.15, 0.2) is 11.5 Å². The van der Waals surface area contributed by atoms with Gasteiger partial charge in [0.05, 0.1) is 18.9 Å². The molecule has 4 rings (SSSR count). The summed E-state index contributed by atoms with van der Waals surface area (Å²) in [6.45, 7) is 0.151. The van der Waals surface area contributed by atoms with Crippen LogP contribution in [0, 0.1) is 5.82 Å². The van der Waals surface area contributed by atoms with Crippen LogP contribution in [-0.4, -0.2) is 39.4 Å². The average molecular weight is 340 g/mol. The average Bonchev–Trinajstić information content (AvgIpc) is 3.21. The number of amides is 1. The monoisotopic (exact) mass is 340 g/mol. The number of nitrogens with one attached hydrogen (secondary N) is 2. The number of carbonyl (C=O) groups excluding carboxylic acids is 1. The number of halogens is 1. The fraction of sp³-hybridized carbons (Fsp3) is 0.294. The SMILES string of the molecule is CN(CC(=O)N[C@@H]1CCc2cc(F)ccc21)c1ncnc2nc[nH]c12. The number of benzene rings is 1. The van der Waals surface area contributed by atoms with Gasteiger partial charge >= 0.3 is 0 Å². The summed E-state index contributed by atoms with van der Waals surface area (Å²) >= 11 is 0. The zero-order valence-corrected chi connectivity index (χ0v) is 13.7. The van der Waals surface area contributed by atoms with E-state index in [-0.39, 0.29) is 24.3 Å². The van der Waals surface area contributed by atoms with Crippen LogP contribution in [-0.2, 0) is 11.2 Å². The fourth-order valence-corrected chi connectivity index (χ4v) is 3.31. The first-order valence-electron chi connectivity index (χ1n) is 8.04. The molecule has 0 aliphatic heterocycles. The van der Waals surface area contributed by atoms with E-state index in [9.17, 15) is 9.18 Å². The zero-order valence-electron chi connectivity index (χ0n) is 13.7. The van der Waals surface area contributed by atoms with Gasteiger partial charge in [0.25, 0.3) is 0 Å². The molecule has 7 nitrogen and oxygen atoms in total. The number of aromatic nitrogens is 4. The Kier molecular flexibility index (Phi) is 3.79. The number of hydrogen-bond acceptors (Lipinski definition) is 5. The number of nitrogens with zero attached hydrogens (tertiary/aromatic N) is 4. The molecule has 25 heavy (non-hydrogen) atoms. The van der Waals surface area contributed by atoms with E-state index in [1.807, 2.05) is 0 Å². The third-order valence-electron chi connectivity index (χ3n) is 4.46. The largest absolute Gasteiger partial charge is 0.348 e. The van der Waals surface area contributed by atoms with Gasteiger partial charge in [0.2, 0.25) is 5.91 Å². The summed E-state index contributed by atoms with van der Waals surface area (Å²) in [6.07, 6.45) is 4.53. The van der Waals surface area contributed by atoms with Crippen molar-refractivity contribution in [3.05, 3.63) is 47.8 Å². The van der Waals surface area contributed by atoms with Gasteiger partial charge in [0, 0.05) is 7.05 Å². The molecule has 0 unspecified atom stereocenters. The second-order valence-corrected chi connectivity index (χ2v) is 6.16. The summed E-state index contributed by atoms with van der Waals surface area (Å²) in [4.78, 5) is 29.6. The smallest absolute Gasteiger partial charge is 0.240 e. The van der Waals surface area contributed by atoms with Crippen LogP contribution in [0.5, 0.6) is 0 Å². The zero-order chi connectivity index (χ0) is 17.4. The summed E-state index contributed by atoms with van der Waals surface area (Å²) < 4.78 is 13.3. The van der Waals surface area contributed by atoms with Gasteiger partial charge in [-0.25, -0.2) is 19.3 Å². The van der Waals surface area contributed by atoms with Gasteiger partial charge < -0.3 is 15.2 Å². The predicted molar refractivity (Wildman–Crippen MR) is 90.6 cm³/mol. The highest BCUT2D eigenvalue weighted by atomic mass is 19.1. The first-order chi connectivity index (χ1) is 12.1. The molecule has 0 saturated carbocycles. The molecule has 8 heteroatoms. The van der Waals surface area contributed by atoms with Crippen molar-refractivity contribution in [1.29, 1.82) is 0 Å². The van der Waals surface area contributed by atoms with Gasteiger partial charge in [-0.3, -0.25) is 4.79 Å². The highest BCUT2D eigenvalue weighted by Gasteiger charge is 2.25. The number of hydrogen-bond donors (Lipinski definition) is 2. The normalized spacial score (nSPS) is 16.0. The van der Waals surface area contributed by atoms with Crippen molar-refractivity contribution in [2.24, 2.45) is 0 Å². The van der Waals surface area contributed by atoms with Crippen molar-refractivity contribution < 1.29 is 9.18 Å². The van der Waals surface area contributed by atoms with Crippen LogP contribution < -0.4 is 10.2 Å². The van der Waals surface area contributed by atoms with Crippen LogP contribution in [0.25, 0.3) is 11.2 Å². The number of imidazole rings is 1. The number of aromatic amines is 1. The van der Waals surface area contributed by atoms with E-state index < -0.39 is 0 Å². The molecule has 0 spiro atoms. The number of aryl methyl sites for hydroxylation is 1. The molecule has 0 fully saturated rings. The second kappa shape index (κ2) is 6.12. The molecule has 1 atom stereocenters. The Morgan fingerprint density at radius 1 is 1.40 bits per heavy atom. The minimum absolute atomic E-state index is 0.0749. The molecule has 0 bridgehead atoms. The van der Waals surface area contributed by atoms with Gasteiger partial charge in [-0.2, -0.15) is 0 Å². The van der Waals surface area contributed by atoms with Crippen molar-refractivity contribution in [2.75, 3.05) is 18.5 Å². The van der Waals surface area contributed by atoms with E-state index in [1.54, 1.807) is 30.4 Å². The first-order valence-corrected chi connectivity index (χ1v) is 8.04. The Balaban J connectivity index is 1.46. The molecule has 3 aromatic rings. The van der Waals surface area contributed by atoms with Gasteiger partial charge in [-0.05, 0) is 36.1 Å².